The molecular weight excluding hydrogens is 472 g/mol. The summed E-state index contributed by atoms with van der Waals surface area (Å²) in [6, 6.07) is 12.4. The van der Waals surface area contributed by atoms with Crippen LogP contribution in [0.25, 0.3) is 55.7 Å². The third-order valence-electron chi connectivity index (χ3n) is 7.53. The van der Waals surface area contributed by atoms with Crippen LogP contribution in [-0.4, -0.2) is 41.7 Å². The lowest BCUT2D eigenvalue weighted by Crippen LogP contribution is -2.20. The van der Waals surface area contributed by atoms with E-state index in [4.69, 9.17) is 4.98 Å². The SMILES string of the molecule is c1cncc(-c2ccnc3[nH]c(-c4n[nH]c5cnc(-c6cncc(CNCC7CCCC7)c6)cc45)cc23)c1. The third kappa shape index (κ3) is 4.33. The molecule has 6 aromatic heterocycles. The molecule has 0 radical (unpaired) electrons. The molecule has 3 N–H and O–H groups in total. The highest BCUT2D eigenvalue weighted by atomic mass is 15.1. The molecule has 0 aliphatic heterocycles. The van der Waals surface area contributed by atoms with E-state index in [0.29, 0.717) is 0 Å². The first kappa shape index (κ1) is 22.7. The third-order valence-corrected chi connectivity index (χ3v) is 7.53. The lowest BCUT2D eigenvalue weighted by atomic mass is 10.1. The van der Waals surface area contributed by atoms with Crippen molar-refractivity contribution in [2.45, 2.75) is 32.2 Å². The van der Waals surface area contributed by atoms with Crippen LogP contribution in [0.5, 0.6) is 0 Å². The number of aromatic nitrogens is 7. The Kier molecular flexibility index (Phi) is 5.86. The Morgan fingerprint density at radius 2 is 1.79 bits per heavy atom. The van der Waals surface area contributed by atoms with Crippen LogP contribution in [0.4, 0.5) is 0 Å². The summed E-state index contributed by atoms with van der Waals surface area (Å²) in [7, 11) is 0. The summed E-state index contributed by atoms with van der Waals surface area (Å²) < 4.78 is 0. The van der Waals surface area contributed by atoms with Gasteiger partial charge in [-0.3, -0.25) is 20.1 Å². The van der Waals surface area contributed by atoms with Gasteiger partial charge in [0.05, 0.1) is 23.1 Å². The monoisotopic (exact) mass is 500 g/mol. The van der Waals surface area contributed by atoms with E-state index in [2.05, 4.69) is 59.7 Å². The molecule has 0 amide bonds. The van der Waals surface area contributed by atoms with Gasteiger partial charge in [0, 0.05) is 59.4 Å². The van der Waals surface area contributed by atoms with Gasteiger partial charge in [-0.15, -0.1) is 0 Å². The van der Waals surface area contributed by atoms with E-state index in [1.807, 2.05) is 43.1 Å². The molecular formula is C30H28N8. The van der Waals surface area contributed by atoms with Gasteiger partial charge in [-0.25, -0.2) is 4.98 Å². The first-order valence-corrected chi connectivity index (χ1v) is 13.2. The molecule has 6 aromatic rings. The van der Waals surface area contributed by atoms with E-state index in [1.54, 1.807) is 6.20 Å². The summed E-state index contributed by atoms with van der Waals surface area (Å²) in [6.45, 7) is 1.90. The fourth-order valence-corrected chi connectivity index (χ4v) is 5.57. The van der Waals surface area contributed by atoms with Gasteiger partial charge in [-0.2, -0.15) is 5.10 Å². The van der Waals surface area contributed by atoms with Gasteiger partial charge in [-0.05, 0) is 66.8 Å². The Morgan fingerprint density at radius 1 is 0.868 bits per heavy atom. The van der Waals surface area contributed by atoms with Gasteiger partial charge in [0.15, 0.2) is 0 Å². The zero-order chi connectivity index (χ0) is 25.3. The van der Waals surface area contributed by atoms with E-state index in [1.165, 1.54) is 31.2 Å². The summed E-state index contributed by atoms with van der Waals surface area (Å²) in [4.78, 5) is 21.5. The van der Waals surface area contributed by atoms with Crippen molar-refractivity contribution in [2.75, 3.05) is 6.54 Å². The second-order valence-electron chi connectivity index (χ2n) is 10.1. The lowest BCUT2D eigenvalue weighted by Gasteiger charge is -2.11. The molecule has 1 aliphatic carbocycles. The second-order valence-corrected chi connectivity index (χ2v) is 10.1. The van der Waals surface area contributed by atoms with E-state index in [9.17, 15) is 0 Å². The number of aromatic amines is 2. The van der Waals surface area contributed by atoms with E-state index >= 15 is 0 Å². The van der Waals surface area contributed by atoms with Crippen LogP contribution in [-0.2, 0) is 6.54 Å². The van der Waals surface area contributed by atoms with Gasteiger partial charge in [0.1, 0.15) is 11.3 Å². The molecule has 1 fully saturated rings. The molecule has 1 saturated carbocycles. The molecule has 0 saturated heterocycles. The Balaban J connectivity index is 1.20. The molecule has 0 spiro atoms. The quantitative estimate of drug-likeness (QED) is 0.252. The van der Waals surface area contributed by atoms with Gasteiger partial charge in [0.2, 0.25) is 0 Å². The Hall–Kier alpha value is -4.43. The molecule has 0 bridgehead atoms. The lowest BCUT2D eigenvalue weighted by molar-refractivity contribution is 0.489. The Labute approximate surface area is 220 Å². The predicted molar refractivity (Wildman–Crippen MR) is 149 cm³/mol. The first-order valence-electron chi connectivity index (χ1n) is 13.2. The van der Waals surface area contributed by atoms with Crippen molar-refractivity contribution < 1.29 is 0 Å². The number of H-pyrrole nitrogens is 2. The predicted octanol–water partition coefficient (Wildman–Crippen LogP) is 5.91. The van der Waals surface area contributed by atoms with E-state index < -0.39 is 0 Å². The van der Waals surface area contributed by atoms with Crippen molar-refractivity contribution in [2.24, 2.45) is 5.92 Å². The van der Waals surface area contributed by atoms with Gasteiger partial charge >= 0.3 is 0 Å². The maximum Gasteiger partial charge on any atom is 0.138 e. The molecule has 8 heteroatoms. The Morgan fingerprint density at radius 3 is 2.68 bits per heavy atom. The Bertz CT molecular complexity index is 1710. The first-order chi connectivity index (χ1) is 18.8. The fourth-order valence-electron chi connectivity index (χ4n) is 5.57. The van der Waals surface area contributed by atoms with Crippen molar-refractivity contribution >= 4 is 21.9 Å². The maximum absolute atomic E-state index is 4.70. The molecule has 6 heterocycles. The zero-order valence-corrected chi connectivity index (χ0v) is 21.0. The standard InChI is InChI=1S/C30H28N8/c1-2-5-19(4-1)13-32-14-20-10-22(17-33-15-20)26-12-25-28(18-35-26)37-38-29(25)27-11-24-23(7-9-34-30(24)36-27)21-6-3-8-31-16-21/h3,6-12,15-19,32H,1-2,4-5,13-14H2,(H,34,36)(H,37,38). The molecule has 38 heavy (non-hydrogen) atoms. The summed E-state index contributed by atoms with van der Waals surface area (Å²) in [6.07, 6.45) is 16.6. The molecule has 1 aliphatic rings. The van der Waals surface area contributed by atoms with Gasteiger partial charge in [0.25, 0.3) is 0 Å². The van der Waals surface area contributed by atoms with Crippen molar-refractivity contribution in [3.05, 3.63) is 79.1 Å². The molecule has 8 nitrogen and oxygen atoms in total. The molecule has 0 unspecified atom stereocenters. The van der Waals surface area contributed by atoms with Crippen molar-refractivity contribution in [3.8, 4) is 33.8 Å². The van der Waals surface area contributed by atoms with E-state index in [0.717, 1.165) is 74.7 Å². The highest BCUT2D eigenvalue weighted by Gasteiger charge is 2.16. The van der Waals surface area contributed by atoms with E-state index in [-0.39, 0.29) is 0 Å². The van der Waals surface area contributed by atoms with Crippen LogP contribution in [0.1, 0.15) is 31.2 Å². The van der Waals surface area contributed by atoms with Crippen LogP contribution in [0, 0.1) is 5.92 Å². The zero-order valence-electron chi connectivity index (χ0n) is 21.0. The maximum atomic E-state index is 4.70. The molecule has 0 aromatic carbocycles. The number of fused-ring (bicyclic) bond motifs is 2. The number of nitrogens with one attached hydrogen (secondary N) is 3. The highest BCUT2D eigenvalue weighted by molar-refractivity contribution is 6.00. The van der Waals surface area contributed by atoms with Crippen molar-refractivity contribution in [1.82, 2.24) is 40.4 Å². The van der Waals surface area contributed by atoms with Gasteiger partial charge in [-0.1, -0.05) is 18.9 Å². The van der Waals surface area contributed by atoms with Crippen LogP contribution in [0.15, 0.2) is 73.6 Å². The minimum atomic E-state index is 0.814. The van der Waals surface area contributed by atoms with Crippen LogP contribution < -0.4 is 5.32 Å². The van der Waals surface area contributed by atoms with Crippen LogP contribution >= 0.6 is 0 Å². The summed E-state index contributed by atoms with van der Waals surface area (Å²) in [5.74, 6) is 0.815. The smallest absolute Gasteiger partial charge is 0.138 e. The molecule has 188 valence electrons. The number of pyridine rings is 4. The fraction of sp³-hybridized carbons (Fsp3) is 0.233. The van der Waals surface area contributed by atoms with Crippen LogP contribution in [0.3, 0.4) is 0 Å². The molecule has 0 atom stereocenters. The number of hydrogen-bond acceptors (Lipinski definition) is 6. The minimum absolute atomic E-state index is 0.814. The normalized spacial score (nSPS) is 14.1. The average molecular weight is 501 g/mol. The van der Waals surface area contributed by atoms with Gasteiger partial charge < -0.3 is 10.3 Å². The largest absolute Gasteiger partial charge is 0.338 e. The number of hydrogen-bond donors (Lipinski definition) is 3. The van der Waals surface area contributed by atoms with Crippen molar-refractivity contribution in [1.29, 1.82) is 0 Å². The summed E-state index contributed by atoms with van der Waals surface area (Å²) in [5, 5.41) is 13.4. The van der Waals surface area contributed by atoms with Crippen LogP contribution in [0.2, 0.25) is 0 Å². The summed E-state index contributed by atoms with van der Waals surface area (Å²) >= 11 is 0. The minimum Gasteiger partial charge on any atom is -0.338 e. The second kappa shape index (κ2) is 9.79. The summed E-state index contributed by atoms with van der Waals surface area (Å²) in [5.41, 5.74) is 8.59. The number of rotatable bonds is 7. The van der Waals surface area contributed by atoms with Crippen molar-refractivity contribution in [3.63, 3.8) is 0 Å². The topological polar surface area (TPSA) is 108 Å². The number of nitrogens with zero attached hydrogens (tertiary/aromatic N) is 5. The highest BCUT2D eigenvalue weighted by Crippen LogP contribution is 2.34. The average Bonchev–Trinajstić information content (AvgIpc) is 3.73. The molecule has 7 rings (SSSR count).